The van der Waals surface area contributed by atoms with Crippen LogP contribution < -0.4 is 10.2 Å². The monoisotopic (exact) mass is 392 g/mol. The number of aromatic nitrogens is 2. The molecule has 8 heteroatoms. The van der Waals surface area contributed by atoms with Crippen LogP contribution in [0.25, 0.3) is 11.3 Å². The molecular weight excluding hydrogens is 369 g/mol. The molecule has 2 N–H and O–H groups in total. The van der Waals surface area contributed by atoms with Gasteiger partial charge in [0.05, 0.1) is 16.8 Å². The molecule has 0 aliphatic carbocycles. The molecule has 4 rings (SSSR count). The quantitative estimate of drug-likeness (QED) is 0.831. The van der Waals surface area contributed by atoms with Crippen LogP contribution in [0.2, 0.25) is 0 Å². The molecule has 0 spiro atoms. The van der Waals surface area contributed by atoms with Gasteiger partial charge in [-0.15, -0.1) is 10.2 Å². The Morgan fingerprint density at radius 1 is 1.21 bits per heavy atom. The summed E-state index contributed by atoms with van der Waals surface area (Å²) in [7, 11) is 0. The SMILES string of the molecule is CCC1CNC2CCN(c3ccc(-c4c(O)cccc4C(F)(F)F)nn3)C2C1. The maximum Gasteiger partial charge on any atom is 0.417 e. The molecule has 5 nitrogen and oxygen atoms in total. The number of alkyl halides is 3. The van der Waals surface area contributed by atoms with Crippen molar-refractivity contribution in [3.05, 3.63) is 35.9 Å². The molecule has 0 amide bonds. The molecule has 0 radical (unpaired) electrons. The Balaban J connectivity index is 1.62. The number of nitrogens with zero attached hydrogens (tertiary/aromatic N) is 3. The summed E-state index contributed by atoms with van der Waals surface area (Å²) in [4.78, 5) is 2.20. The number of benzene rings is 1. The second-order valence-corrected chi connectivity index (χ2v) is 7.55. The second-order valence-electron chi connectivity index (χ2n) is 7.55. The van der Waals surface area contributed by atoms with E-state index in [0.29, 0.717) is 23.8 Å². The Labute approximate surface area is 161 Å². The normalized spacial score (nSPS) is 25.0. The summed E-state index contributed by atoms with van der Waals surface area (Å²) in [5.74, 6) is 0.823. The Kier molecular flexibility index (Phi) is 4.91. The van der Waals surface area contributed by atoms with E-state index in [1.807, 2.05) is 0 Å². The number of phenolic OH excluding ortho intramolecular Hbond substituents is 1. The molecule has 0 bridgehead atoms. The van der Waals surface area contributed by atoms with Crippen molar-refractivity contribution in [1.29, 1.82) is 0 Å². The third kappa shape index (κ3) is 3.41. The Hall–Kier alpha value is -2.35. The van der Waals surface area contributed by atoms with Gasteiger partial charge < -0.3 is 15.3 Å². The van der Waals surface area contributed by atoms with Gasteiger partial charge in [-0.25, -0.2) is 0 Å². The van der Waals surface area contributed by atoms with Gasteiger partial charge in [0, 0.05) is 18.6 Å². The number of rotatable bonds is 3. The van der Waals surface area contributed by atoms with Crippen LogP contribution in [0.4, 0.5) is 19.0 Å². The van der Waals surface area contributed by atoms with E-state index in [4.69, 9.17) is 0 Å². The molecule has 2 aliphatic heterocycles. The minimum absolute atomic E-state index is 0.0122. The first-order chi connectivity index (χ1) is 13.4. The highest BCUT2D eigenvalue weighted by Gasteiger charge is 2.39. The predicted molar refractivity (Wildman–Crippen MR) is 100 cm³/mol. The highest BCUT2D eigenvalue weighted by molar-refractivity contribution is 5.71. The van der Waals surface area contributed by atoms with Crippen LogP contribution in [0.15, 0.2) is 30.3 Å². The lowest BCUT2D eigenvalue weighted by molar-refractivity contribution is -0.137. The fourth-order valence-corrected chi connectivity index (χ4v) is 4.38. The zero-order valence-electron chi connectivity index (χ0n) is 15.6. The van der Waals surface area contributed by atoms with Gasteiger partial charge in [0.2, 0.25) is 0 Å². The zero-order valence-corrected chi connectivity index (χ0v) is 15.6. The van der Waals surface area contributed by atoms with Crippen molar-refractivity contribution in [2.24, 2.45) is 5.92 Å². The summed E-state index contributed by atoms with van der Waals surface area (Å²) in [5.41, 5.74) is -1.24. The number of fused-ring (bicyclic) bond motifs is 1. The minimum atomic E-state index is -4.58. The van der Waals surface area contributed by atoms with Crippen molar-refractivity contribution in [2.75, 3.05) is 18.0 Å². The van der Waals surface area contributed by atoms with Crippen molar-refractivity contribution in [2.45, 2.75) is 44.4 Å². The van der Waals surface area contributed by atoms with Crippen LogP contribution in [0.5, 0.6) is 5.75 Å². The van der Waals surface area contributed by atoms with Gasteiger partial charge in [0.15, 0.2) is 5.82 Å². The highest BCUT2D eigenvalue weighted by atomic mass is 19.4. The Bertz CT molecular complexity index is 840. The maximum atomic E-state index is 13.3. The summed E-state index contributed by atoms with van der Waals surface area (Å²) in [6.45, 7) is 4.06. The molecule has 1 aromatic heterocycles. The van der Waals surface area contributed by atoms with E-state index in [9.17, 15) is 18.3 Å². The van der Waals surface area contributed by atoms with Gasteiger partial charge in [-0.05, 0) is 49.6 Å². The van der Waals surface area contributed by atoms with Crippen molar-refractivity contribution < 1.29 is 18.3 Å². The van der Waals surface area contributed by atoms with Gasteiger partial charge in [0.1, 0.15) is 5.75 Å². The first-order valence-electron chi connectivity index (χ1n) is 9.61. The molecule has 150 valence electrons. The van der Waals surface area contributed by atoms with E-state index < -0.39 is 17.5 Å². The maximum absolute atomic E-state index is 13.3. The van der Waals surface area contributed by atoms with Crippen molar-refractivity contribution in [1.82, 2.24) is 15.5 Å². The number of aromatic hydroxyl groups is 1. The summed E-state index contributed by atoms with van der Waals surface area (Å²) in [6.07, 6.45) is -1.38. The molecule has 3 heterocycles. The lowest BCUT2D eigenvalue weighted by atomic mass is 9.89. The molecule has 2 fully saturated rings. The summed E-state index contributed by atoms with van der Waals surface area (Å²) in [6, 6.07) is 7.29. The van der Waals surface area contributed by atoms with Crippen LogP contribution in [0.3, 0.4) is 0 Å². The van der Waals surface area contributed by atoms with E-state index in [1.54, 1.807) is 6.07 Å². The van der Waals surface area contributed by atoms with E-state index >= 15 is 0 Å². The first kappa shape index (κ1) is 19.0. The van der Waals surface area contributed by atoms with Crippen LogP contribution in [0, 0.1) is 5.92 Å². The van der Waals surface area contributed by atoms with Crippen LogP contribution >= 0.6 is 0 Å². The smallest absolute Gasteiger partial charge is 0.417 e. The predicted octanol–water partition coefficient (Wildman–Crippen LogP) is 3.83. The van der Waals surface area contributed by atoms with Gasteiger partial charge in [-0.3, -0.25) is 0 Å². The number of piperidine rings is 1. The van der Waals surface area contributed by atoms with Crippen LogP contribution in [0.1, 0.15) is 31.7 Å². The van der Waals surface area contributed by atoms with Crippen LogP contribution in [-0.2, 0) is 6.18 Å². The van der Waals surface area contributed by atoms with E-state index in [2.05, 4.69) is 27.3 Å². The molecule has 3 unspecified atom stereocenters. The number of phenols is 1. The van der Waals surface area contributed by atoms with Crippen molar-refractivity contribution in [3.8, 4) is 17.0 Å². The summed E-state index contributed by atoms with van der Waals surface area (Å²) < 4.78 is 40.0. The third-order valence-corrected chi connectivity index (χ3v) is 5.92. The number of nitrogens with one attached hydrogen (secondary N) is 1. The highest BCUT2D eigenvalue weighted by Crippen LogP contribution is 2.41. The molecule has 0 saturated carbocycles. The van der Waals surface area contributed by atoms with Gasteiger partial charge in [-0.2, -0.15) is 13.2 Å². The van der Waals surface area contributed by atoms with Gasteiger partial charge in [0.25, 0.3) is 0 Å². The molecule has 2 aromatic rings. The molecule has 1 aromatic carbocycles. The number of hydrogen-bond donors (Lipinski definition) is 2. The lowest BCUT2D eigenvalue weighted by Crippen LogP contribution is -2.50. The third-order valence-electron chi connectivity index (χ3n) is 5.92. The first-order valence-corrected chi connectivity index (χ1v) is 9.61. The average Bonchev–Trinajstić information content (AvgIpc) is 3.10. The van der Waals surface area contributed by atoms with Crippen LogP contribution in [-0.4, -0.2) is 40.5 Å². The fraction of sp³-hybridized carbons (Fsp3) is 0.500. The molecule has 3 atom stereocenters. The van der Waals surface area contributed by atoms with E-state index in [1.165, 1.54) is 18.2 Å². The lowest BCUT2D eigenvalue weighted by Gasteiger charge is -2.37. The summed E-state index contributed by atoms with van der Waals surface area (Å²) in [5, 5.41) is 21.9. The van der Waals surface area contributed by atoms with E-state index in [0.717, 1.165) is 38.4 Å². The molecular formula is C20H23F3N4O. The topological polar surface area (TPSA) is 61.3 Å². The number of halogens is 3. The van der Waals surface area contributed by atoms with Gasteiger partial charge in [-0.1, -0.05) is 19.4 Å². The van der Waals surface area contributed by atoms with Crippen molar-refractivity contribution >= 4 is 5.82 Å². The number of hydrogen-bond acceptors (Lipinski definition) is 5. The van der Waals surface area contributed by atoms with E-state index in [-0.39, 0.29) is 11.3 Å². The standard InChI is InChI=1S/C20H23F3N4O/c1-2-12-10-16-14(24-11-12)8-9-27(16)18-7-6-15(25-26-18)19-13(20(21,22)23)4-3-5-17(19)28/h3-7,12,14,16,24,28H,2,8-11H2,1H3. The molecule has 28 heavy (non-hydrogen) atoms. The molecule has 2 saturated heterocycles. The Morgan fingerprint density at radius 3 is 2.71 bits per heavy atom. The van der Waals surface area contributed by atoms with Crippen molar-refractivity contribution in [3.63, 3.8) is 0 Å². The fourth-order valence-electron chi connectivity index (χ4n) is 4.38. The van der Waals surface area contributed by atoms with Gasteiger partial charge >= 0.3 is 6.18 Å². The minimum Gasteiger partial charge on any atom is -0.507 e. The second kappa shape index (κ2) is 7.24. The zero-order chi connectivity index (χ0) is 19.9. The summed E-state index contributed by atoms with van der Waals surface area (Å²) >= 11 is 0. The number of anilines is 1. The largest absolute Gasteiger partial charge is 0.507 e. The Morgan fingerprint density at radius 2 is 2.04 bits per heavy atom. The molecule has 2 aliphatic rings. The average molecular weight is 392 g/mol.